The molecule has 21 heavy (non-hydrogen) atoms. The van der Waals surface area contributed by atoms with E-state index in [1.165, 1.54) is 18.2 Å². The summed E-state index contributed by atoms with van der Waals surface area (Å²) in [6, 6.07) is 9.59. The van der Waals surface area contributed by atoms with Gasteiger partial charge in [-0.2, -0.15) is 4.57 Å². The van der Waals surface area contributed by atoms with E-state index in [0.29, 0.717) is 5.56 Å². The first kappa shape index (κ1) is 18.9. The molecule has 0 saturated heterocycles. The molecule has 112 valence electrons. The second kappa shape index (κ2) is 8.23. The van der Waals surface area contributed by atoms with E-state index in [1.807, 2.05) is 31.5 Å². The Morgan fingerprint density at radius 3 is 2.43 bits per heavy atom. The zero-order valence-corrected chi connectivity index (χ0v) is 12.9. The van der Waals surface area contributed by atoms with Crippen molar-refractivity contribution in [3.05, 3.63) is 70.0 Å². The number of pyridine rings is 1. The number of rotatable bonds is 4. The van der Waals surface area contributed by atoms with Crippen LogP contribution in [0.1, 0.15) is 15.9 Å². The van der Waals surface area contributed by atoms with Crippen molar-refractivity contribution in [2.75, 3.05) is 0 Å². The van der Waals surface area contributed by atoms with Crippen molar-refractivity contribution in [3.63, 3.8) is 0 Å². The first-order valence-electron chi connectivity index (χ1n) is 5.79. The summed E-state index contributed by atoms with van der Waals surface area (Å²) >= 11 is 0. The zero-order chi connectivity index (χ0) is 13.8. The first-order chi connectivity index (χ1) is 9.06. The molecule has 0 bridgehead atoms. The number of ketones is 1. The fraction of sp³-hybridized carbons (Fsp3) is 0.143. The molecule has 0 aliphatic rings. The molecule has 2 aromatic rings. The molecule has 0 fully saturated rings. The second-order valence-electron chi connectivity index (χ2n) is 4.28. The summed E-state index contributed by atoms with van der Waals surface area (Å²) in [6.45, 7) is 2.13. The summed E-state index contributed by atoms with van der Waals surface area (Å²) < 4.78 is 1.74. The van der Waals surface area contributed by atoms with Crippen LogP contribution in [0.5, 0.6) is 0 Å². The van der Waals surface area contributed by atoms with E-state index in [4.69, 9.17) is 0 Å². The van der Waals surface area contributed by atoms with Crippen molar-refractivity contribution in [3.8, 4) is 0 Å². The monoisotopic (exact) mass is 354 g/mol. The van der Waals surface area contributed by atoms with Crippen molar-refractivity contribution in [2.45, 2.75) is 13.5 Å². The summed E-state index contributed by atoms with van der Waals surface area (Å²) in [4.78, 5) is 22.2. The minimum Gasteiger partial charge on any atom is -1.00 e. The average Bonchev–Trinajstić information content (AvgIpc) is 2.41. The maximum Gasteiger partial charge on any atom is 0.270 e. The van der Waals surface area contributed by atoms with Crippen LogP contribution in [0.15, 0.2) is 48.8 Å². The Morgan fingerprint density at radius 1 is 1.24 bits per heavy atom. The van der Waals surface area contributed by atoms with E-state index < -0.39 is 4.92 Å². The molecular weight excluding hydrogens is 340 g/mol. The molecule has 1 aromatic heterocycles. The number of carbonyl (C=O) groups is 1. The van der Waals surface area contributed by atoms with Crippen LogP contribution >= 0.6 is 0 Å². The predicted octanol–water partition coefficient (Wildman–Crippen LogP) is -1.75. The summed E-state index contributed by atoms with van der Waals surface area (Å²) in [5.74, 6) is -0.155. The van der Waals surface area contributed by atoms with Gasteiger partial charge in [-0.1, -0.05) is 12.1 Å². The highest BCUT2D eigenvalue weighted by Gasteiger charge is 2.15. The van der Waals surface area contributed by atoms with Crippen molar-refractivity contribution in [1.29, 1.82) is 0 Å². The SMILES string of the molecule is Cc1cc[n+](CC(=O)c2cccc([N+](=O)[O-])c2)cc1.O.[Br-]. The number of aryl methyl sites for hydroxylation is 1. The molecule has 0 radical (unpaired) electrons. The van der Waals surface area contributed by atoms with Crippen LogP contribution < -0.4 is 21.5 Å². The standard InChI is InChI=1S/C14H13N2O3.BrH.H2O/c1-11-5-7-15(8-6-11)10-14(17)12-3-2-4-13(9-12)16(18)19;;/h2-9H,10H2,1H3;1H;1H2/q+1;;/p-1. The van der Waals surface area contributed by atoms with Crippen LogP contribution in [0.25, 0.3) is 0 Å². The van der Waals surface area contributed by atoms with Gasteiger partial charge in [0, 0.05) is 29.8 Å². The second-order valence-corrected chi connectivity index (χ2v) is 4.28. The fourth-order valence-corrected chi connectivity index (χ4v) is 1.69. The number of aromatic nitrogens is 1. The number of non-ortho nitro benzene ring substituents is 1. The van der Waals surface area contributed by atoms with E-state index in [-0.39, 0.29) is 40.5 Å². The minimum atomic E-state index is -0.504. The molecule has 0 saturated carbocycles. The average molecular weight is 355 g/mol. The molecule has 0 spiro atoms. The number of nitrogens with zero attached hydrogens (tertiary/aromatic N) is 2. The lowest BCUT2D eigenvalue weighted by atomic mass is 10.1. The van der Waals surface area contributed by atoms with Crippen molar-refractivity contribution in [1.82, 2.24) is 0 Å². The quantitative estimate of drug-likeness (QED) is 0.282. The lowest BCUT2D eigenvalue weighted by Crippen LogP contribution is -3.00. The van der Waals surface area contributed by atoms with Crippen LogP contribution in [-0.4, -0.2) is 16.2 Å². The molecule has 0 atom stereocenters. The predicted molar refractivity (Wildman–Crippen MR) is 72.4 cm³/mol. The van der Waals surface area contributed by atoms with Gasteiger partial charge in [-0.15, -0.1) is 0 Å². The normalized spacial score (nSPS) is 9.19. The van der Waals surface area contributed by atoms with Gasteiger partial charge < -0.3 is 22.5 Å². The number of Topliss-reactive ketones (excluding diaryl/α,β-unsaturated/α-hetero) is 1. The number of nitro benzene ring substituents is 1. The summed E-state index contributed by atoms with van der Waals surface area (Å²) in [7, 11) is 0. The molecule has 1 aromatic carbocycles. The molecular formula is C14H15BrN2O4. The summed E-state index contributed by atoms with van der Waals surface area (Å²) in [5.41, 5.74) is 1.39. The lowest BCUT2D eigenvalue weighted by Gasteiger charge is -1.99. The van der Waals surface area contributed by atoms with Crippen molar-refractivity contribution in [2.24, 2.45) is 0 Å². The van der Waals surface area contributed by atoms with Crippen molar-refractivity contribution < 1.29 is 36.7 Å². The maximum absolute atomic E-state index is 12.0. The Labute approximate surface area is 132 Å². The van der Waals surface area contributed by atoms with E-state index in [1.54, 1.807) is 10.6 Å². The number of hydrogen-bond donors (Lipinski definition) is 0. The van der Waals surface area contributed by atoms with E-state index in [2.05, 4.69) is 0 Å². The van der Waals surface area contributed by atoms with Gasteiger partial charge >= 0.3 is 0 Å². The Bertz CT molecular complexity index is 629. The molecule has 6 nitrogen and oxygen atoms in total. The van der Waals surface area contributed by atoms with Gasteiger partial charge in [-0.25, -0.2) is 0 Å². The highest BCUT2D eigenvalue weighted by molar-refractivity contribution is 5.95. The van der Waals surface area contributed by atoms with Crippen LogP contribution in [-0.2, 0) is 6.54 Å². The van der Waals surface area contributed by atoms with Gasteiger partial charge in [0.25, 0.3) is 5.69 Å². The Morgan fingerprint density at radius 2 is 1.86 bits per heavy atom. The number of carbonyl (C=O) groups excluding carboxylic acids is 1. The van der Waals surface area contributed by atoms with Crippen LogP contribution in [0, 0.1) is 17.0 Å². The Kier molecular flexibility index (Phi) is 7.40. The molecule has 7 heteroatoms. The first-order valence-corrected chi connectivity index (χ1v) is 5.79. The number of nitro groups is 1. The van der Waals surface area contributed by atoms with Gasteiger partial charge in [0.2, 0.25) is 12.3 Å². The fourth-order valence-electron chi connectivity index (χ4n) is 1.69. The smallest absolute Gasteiger partial charge is 0.270 e. The molecule has 0 amide bonds. The topological polar surface area (TPSA) is 95.6 Å². The zero-order valence-electron chi connectivity index (χ0n) is 11.3. The Balaban J connectivity index is 0.00000200. The van der Waals surface area contributed by atoms with E-state index >= 15 is 0 Å². The molecule has 2 N–H and O–H groups in total. The van der Waals surface area contributed by atoms with E-state index in [0.717, 1.165) is 5.56 Å². The largest absolute Gasteiger partial charge is 1.00 e. The third-order valence-electron chi connectivity index (χ3n) is 2.76. The number of halogens is 1. The molecule has 0 aliphatic heterocycles. The lowest BCUT2D eigenvalue weighted by molar-refractivity contribution is -0.683. The third-order valence-corrected chi connectivity index (χ3v) is 2.76. The summed E-state index contributed by atoms with van der Waals surface area (Å²) in [5, 5.41) is 10.7. The van der Waals surface area contributed by atoms with E-state index in [9.17, 15) is 14.9 Å². The van der Waals surface area contributed by atoms with Crippen LogP contribution in [0.2, 0.25) is 0 Å². The van der Waals surface area contributed by atoms with Gasteiger partial charge in [0.05, 0.1) is 4.92 Å². The van der Waals surface area contributed by atoms with Crippen LogP contribution in [0.3, 0.4) is 0 Å². The maximum atomic E-state index is 12.0. The van der Waals surface area contributed by atoms with Crippen LogP contribution in [0.4, 0.5) is 5.69 Å². The molecule has 1 heterocycles. The van der Waals surface area contributed by atoms with Gasteiger partial charge in [-0.05, 0) is 12.5 Å². The minimum absolute atomic E-state index is 0. The Hall–Kier alpha value is -2.12. The molecule has 2 rings (SSSR count). The summed E-state index contributed by atoms with van der Waals surface area (Å²) in [6.07, 6.45) is 3.62. The molecule has 0 unspecified atom stereocenters. The number of hydrogen-bond acceptors (Lipinski definition) is 3. The van der Waals surface area contributed by atoms with Crippen molar-refractivity contribution >= 4 is 11.5 Å². The third kappa shape index (κ3) is 5.05. The highest BCUT2D eigenvalue weighted by Crippen LogP contribution is 2.13. The van der Waals surface area contributed by atoms with Gasteiger partial charge in [0.1, 0.15) is 0 Å². The number of benzene rings is 1. The highest BCUT2D eigenvalue weighted by atomic mass is 79.9. The van der Waals surface area contributed by atoms with Gasteiger partial charge in [0.15, 0.2) is 12.4 Å². The molecule has 0 aliphatic carbocycles. The van der Waals surface area contributed by atoms with Gasteiger partial charge in [-0.3, -0.25) is 14.9 Å².